The van der Waals surface area contributed by atoms with Crippen LogP contribution < -0.4 is 5.32 Å². The monoisotopic (exact) mass is 213 g/mol. The average molecular weight is 213 g/mol. The highest BCUT2D eigenvalue weighted by Crippen LogP contribution is 2.27. The average Bonchev–Trinajstić information content (AvgIpc) is 2.49. The summed E-state index contributed by atoms with van der Waals surface area (Å²) in [6, 6.07) is 0.778. The van der Waals surface area contributed by atoms with E-state index in [9.17, 15) is 0 Å². The Kier molecular flexibility index (Phi) is 7.03. The van der Waals surface area contributed by atoms with Gasteiger partial charge in [-0.15, -0.1) is 0 Å². The van der Waals surface area contributed by atoms with Crippen LogP contribution in [0.5, 0.6) is 0 Å². The first-order valence-corrected chi connectivity index (χ1v) is 6.53. The fourth-order valence-electron chi connectivity index (χ4n) is 2.67. The van der Waals surface area contributed by atoms with Crippen LogP contribution in [0, 0.1) is 5.92 Å². The summed E-state index contributed by atoms with van der Waals surface area (Å²) in [6.07, 6.45) is 11.1. The van der Waals surface area contributed by atoms with Gasteiger partial charge < -0.3 is 10.1 Å². The van der Waals surface area contributed by atoms with E-state index < -0.39 is 0 Å². The SMILES string of the molecule is CNC1CCCCC(CCCCOC)C1. The summed E-state index contributed by atoms with van der Waals surface area (Å²) < 4.78 is 5.09. The van der Waals surface area contributed by atoms with Crippen LogP contribution in [0.1, 0.15) is 51.4 Å². The molecule has 0 spiro atoms. The van der Waals surface area contributed by atoms with E-state index in [1.54, 1.807) is 7.11 Å². The van der Waals surface area contributed by atoms with E-state index in [1.165, 1.54) is 51.4 Å². The molecule has 2 nitrogen and oxygen atoms in total. The third-order valence-corrected chi connectivity index (χ3v) is 3.65. The molecule has 0 aromatic rings. The zero-order valence-corrected chi connectivity index (χ0v) is 10.4. The second kappa shape index (κ2) is 8.12. The van der Waals surface area contributed by atoms with E-state index in [-0.39, 0.29) is 0 Å². The topological polar surface area (TPSA) is 21.3 Å². The highest BCUT2D eigenvalue weighted by atomic mass is 16.5. The van der Waals surface area contributed by atoms with Crippen LogP contribution in [0.3, 0.4) is 0 Å². The lowest BCUT2D eigenvalue weighted by atomic mass is 9.92. The van der Waals surface area contributed by atoms with Crippen LogP contribution in [0.2, 0.25) is 0 Å². The molecule has 1 rings (SSSR count). The lowest BCUT2D eigenvalue weighted by molar-refractivity contribution is 0.189. The Morgan fingerprint density at radius 2 is 2.00 bits per heavy atom. The Bertz CT molecular complexity index is 149. The van der Waals surface area contributed by atoms with Gasteiger partial charge in [0.2, 0.25) is 0 Å². The van der Waals surface area contributed by atoms with Crippen molar-refractivity contribution in [2.24, 2.45) is 5.92 Å². The number of rotatable bonds is 6. The molecular formula is C13H27NO. The lowest BCUT2D eigenvalue weighted by Crippen LogP contribution is -2.26. The van der Waals surface area contributed by atoms with Gasteiger partial charge in [0.15, 0.2) is 0 Å². The third kappa shape index (κ3) is 5.53. The standard InChI is InChI=1S/C13H27NO/c1-14-13-9-4-3-7-12(11-13)8-5-6-10-15-2/h12-14H,3-11H2,1-2H3. The van der Waals surface area contributed by atoms with Gasteiger partial charge in [0.25, 0.3) is 0 Å². The first-order valence-electron chi connectivity index (χ1n) is 6.53. The second-order valence-corrected chi connectivity index (χ2v) is 4.86. The van der Waals surface area contributed by atoms with Gasteiger partial charge in [0.05, 0.1) is 0 Å². The Balaban J connectivity index is 2.15. The van der Waals surface area contributed by atoms with Gasteiger partial charge in [-0.25, -0.2) is 0 Å². The van der Waals surface area contributed by atoms with E-state index in [1.807, 2.05) is 0 Å². The van der Waals surface area contributed by atoms with Crippen molar-refractivity contribution < 1.29 is 4.74 Å². The predicted molar refractivity (Wildman–Crippen MR) is 65.1 cm³/mol. The van der Waals surface area contributed by atoms with Crippen LogP contribution >= 0.6 is 0 Å². The molecule has 1 fully saturated rings. The van der Waals surface area contributed by atoms with Gasteiger partial charge in [-0.1, -0.05) is 32.1 Å². The van der Waals surface area contributed by atoms with Gasteiger partial charge in [0, 0.05) is 19.8 Å². The van der Waals surface area contributed by atoms with E-state index in [0.717, 1.165) is 18.6 Å². The molecule has 0 aromatic carbocycles. The molecule has 0 bridgehead atoms. The van der Waals surface area contributed by atoms with Crippen LogP contribution in [0.15, 0.2) is 0 Å². The number of hydrogen-bond acceptors (Lipinski definition) is 2. The number of methoxy groups -OCH3 is 1. The highest BCUT2D eigenvalue weighted by molar-refractivity contribution is 4.74. The molecule has 1 aliphatic rings. The molecule has 0 heterocycles. The van der Waals surface area contributed by atoms with Crippen LogP contribution in [-0.4, -0.2) is 26.8 Å². The third-order valence-electron chi connectivity index (χ3n) is 3.65. The van der Waals surface area contributed by atoms with Crippen LogP contribution in [0.4, 0.5) is 0 Å². The van der Waals surface area contributed by atoms with Gasteiger partial charge >= 0.3 is 0 Å². The van der Waals surface area contributed by atoms with Gasteiger partial charge in [-0.3, -0.25) is 0 Å². The van der Waals surface area contributed by atoms with Crippen molar-refractivity contribution in [1.29, 1.82) is 0 Å². The second-order valence-electron chi connectivity index (χ2n) is 4.86. The van der Waals surface area contributed by atoms with E-state index in [4.69, 9.17) is 4.74 Å². The Hall–Kier alpha value is -0.0800. The first-order chi connectivity index (χ1) is 7.36. The molecule has 90 valence electrons. The fraction of sp³-hybridized carbons (Fsp3) is 1.00. The molecule has 15 heavy (non-hydrogen) atoms. The summed E-state index contributed by atoms with van der Waals surface area (Å²) in [6.45, 7) is 0.933. The van der Waals surface area contributed by atoms with Crippen molar-refractivity contribution in [3.8, 4) is 0 Å². The summed E-state index contributed by atoms with van der Waals surface area (Å²) in [7, 11) is 3.90. The van der Waals surface area contributed by atoms with Crippen molar-refractivity contribution in [3.05, 3.63) is 0 Å². The van der Waals surface area contributed by atoms with Crippen LogP contribution in [0.25, 0.3) is 0 Å². The van der Waals surface area contributed by atoms with Crippen molar-refractivity contribution >= 4 is 0 Å². The summed E-state index contributed by atoms with van der Waals surface area (Å²) in [4.78, 5) is 0. The van der Waals surface area contributed by atoms with Gasteiger partial charge in [-0.2, -0.15) is 0 Å². The maximum absolute atomic E-state index is 5.09. The number of hydrogen-bond donors (Lipinski definition) is 1. The molecule has 0 aromatic heterocycles. The normalized spacial score (nSPS) is 27.6. The molecule has 0 aliphatic heterocycles. The zero-order valence-electron chi connectivity index (χ0n) is 10.4. The predicted octanol–water partition coefficient (Wildman–Crippen LogP) is 2.97. The fourth-order valence-corrected chi connectivity index (χ4v) is 2.67. The van der Waals surface area contributed by atoms with Crippen LogP contribution in [-0.2, 0) is 4.74 Å². The largest absolute Gasteiger partial charge is 0.385 e. The quantitative estimate of drug-likeness (QED) is 0.541. The van der Waals surface area contributed by atoms with E-state index in [0.29, 0.717) is 0 Å². The Morgan fingerprint density at radius 1 is 1.20 bits per heavy atom. The minimum Gasteiger partial charge on any atom is -0.385 e. The van der Waals surface area contributed by atoms with Crippen molar-refractivity contribution in [2.45, 2.75) is 57.4 Å². The Morgan fingerprint density at radius 3 is 2.73 bits per heavy atom. The van der Waals surface area contributed by atoms with Crippen molar-refractivity contribution in [1.82, 2.24) is 5.32 Å². The summed E-state index contributed by atoms with van der Waals surface area (Å²) in [5.74, 6) is 0.960. The van der Waals surface area contributed by atoms with Gasteiger partial charge in [-0.05, 0) is 32.2 Å². The molecule has 0 saturated heterocycles. The number of unbranched alkanes of at least 4 members (excludes halogenated alkanes) is 1. The summed E-state index contributed by atoms with van der Waals surface area (Å²) in [5, 5.41) is 3.45. The first kappa shape index (κ1) is 13.0. The number of nitrogens with one attached hydrogen (secondary N) is 1. The minimum atomic E-state index is 0.778. The van der Waals surface area contributed by atoms with Crippen molar-refractivity contribution in [3.63, 3.8) is 0 Å². The minimum absolute atomic E-state index is 0.778. The number of ether oxygens (including phenoxy) is 1. The molecular weight excluding hydrogens is 186 g/mol. The maximum atomic E-state index is 5.09. The molecule has 1 saturated carbocycles. The molecule has 0 amide bonds. The molecule has 2 atom stereocenters. The van der Waals surface area contributed by atoms with E-state index in [2.05, 4.69) is 12.4 Å². The van der Waals surface area contributed by atoms with Crippen molar-refractivity contribution in [2.75, 3.05) is 20.8 Å². The molecule has 2 heteroatoms. The molecule has 1 N–H and O–H groups in total. The zero-order chi connectivity index (χ0) is 10.9. The summed E-state index contributed by atoms with van der Waals surface area (Å²) >= 11 is 0. The molecule has 0 radical (unpaired) electrons. The highest BCUT2D eigenvalue weighted by Gasteiger charge is 2.18. The summed E-state index contributed by atoms with van der Waals surface area (Å²) in [5.41, 5.74) is 0. The van der Waals surface area contributed by atoms with E-state index >= 15 is 0 Å². The maximum Gasteiger partial charge on any atom is 0.0462 e. The molecule has 1 aliphatic carbocycles. The van der Waals surface area contributed by atoms with Gasteiger partial charge in [0.1, 0.15) is 0 Å². The smallest absolute Gasteiger partial charge is 0.0462 e. The Labute approximate surface area is 94.8 Å². The lowest BCUT2D eigenvalue weighted by Gasteiger charge is -2.19. The molecule has 2 unspecified atom stereocenters.